The van der Waals surface area contributed by atoms with E-state index >= 15 is 0 Å². The van der Waals surface area contributed by atoms with Crippen molar-refractivity contribution in [3.63, 3.8) is 0 Å². The highest BCUT2D eigenvalue weighted by molar-refractivity contribution is 5.84. The van der Waals surface area contributed by atoms with E-state index in [0.717, 1.165) is 29.5 Å². The van der Waals surface area contributed by atoms with Gasteiger partial charge in [-0.3, -0.25) is 9.78 Å². The second kappa shape index (κ2) is 10.6. The Labute approximate surface area is 213 Å². The number of Topliss-reactive ketones (excluding diaryl/α,β-unsaturated/α-hetero) is 1. The first kappa shape index (κ1) is 25.6. The molecule has 1 aliphatic rings. The zero-order valence-electron chi connectivity index (χ0n) is 21.5. The van der Waals surface area contributed by atoms with Crippen LogP contribution in [0.15, 0.2) is 85.1 Å². The van der Waals surface area contributed by atoms with Crippen LogP contribution in [0.4, 0.5) is 4.39 Å². The maximum absolute atomic E-state index is 13.9. The van der Waals surface area contributed by atoms with Crippen molar-refractivity contribution in [2.24, 2.45) is 5.41 Å². The third-order valence-corrected chi connectivity index (χ3v) is 7.18. The van der Waals surface area contributed by atoms with Gasteiger partial charge in [-0.1, -0.05) is 44.3 Å². The fraction of sp³-hybridized carbons (Fsp3) is 0.312. The van der Waals surface area contributed by atoms with Crippen molar-refractivity contribution in [1.29, 1.82) is 0 Å². The number of hydrogen-bond acceptors (Lipinski definition) is 3. The molecule has 0 aliphatic heterocycles. The summed E-state index contributed by atoms with van der Waals surface area (Å²) >= 11 is 0. The van der Waals surface area contributed by atoms with Gasteiger partial charge in [0, 0.05) is 24.4 Å². The minimum absolute atomic E-state index is 0.0604. The number of benzene rings is 2. The first-order valence-corrected chi connectivity index (χ1v) is 12.5. The fourth-order valence-electron chi connectivity index (χ4n) is 4.95. The van der Waals surface area contributed by atoms with Gasteiger partial charge in [0.25, 0.3) is 0 Å². The first-order chi connectivity index (χ1) is 17.3. The number of rotatable bonds is 11. The van der Waals surface area contributed by atoms with Gasteiger partial charge in [0.1, 0.15) is 17.4 Å². The Kier molecular flexibility index (Phi) is 7.53. The van der Waals surface area contributed by atoms with E-state index < -0.39 is 11.2 Å². The predicted octanol–water partition coefficient (Wildman–Crippen LogP) is 7.55. The lowest BCUT2D eigenvalue weighted by Gasteiger charge is -2.16. The smallest absolute Gasteiger partial charge is 0.141 e. The molecule has 1 saturated carbocycles. The summed E-state index contributed by atoms with van der Waals surface area (Å²) in [4.78, 5) is 17.4. The molecule has 3 nitrogen and oxygen atoms in total. The molecule has 36 heavy (non-hydrogen) atoms. The lowest BCUT2D eigenvalue weighted by molar-refractivity contribution is -0.117. The number of ketones is 1. The minimum atomic E-state index is -0.733. The van der Waals surface area contributed by atoms with Gasteiger partial charge in [-0.05, 0) is 90.3 Å². The maximum Gasteiger partial charge on any atom is 0.141 e. The molecule has 4 heteroatoms. The maximum atomic E-state index is 13.9. The molecule has 1 aliphatic carbocycles. The number of methoxy groups -OCH3 is 1. The summed E-state index contributed by atoms with van der Waals surface area (Å²) in [6.07, 6.45) is 7.18. The van der Waals surface area contributed by atoms with Gasteiger partial charge >= 0.3 is 0 Å². The van der Waals surface area contributed by atoms with Crippen LogP contribution in [0.3, 0.4) is 0 Å². The molecule has 1 heterocycles. The summed E-state index contributed by atoms with van der Waals surface area (Å²) in [5.74, 6) is 0.167. The molecular formula is C32H34FNO2. The second-order valence-corrected chi connectivity index (χ2v) is 9.87. The third kappa shape index (κ3) is 5.48. The molecule has 2 aromatic carbocycles. The Hall–Kier alpha value is -3.53. The molecule has 0 bridgehead atoms. The van der Waals surface area contributed by atoms with Crippen molar-refractivity contribution in [2.45, 2.75) is 52.4 Å². The van der Waals surface area contributed by atoms with Crippen LogP contribution in [0, 0.1) is 12.3 Å². The van der Waals surface area contributed by atoms with Crippen LogP contribution in [-0.4, -0.2) is 17.9 Å². The standard InChI is InChI=1S/C32H34FNO2/c1-6-26-20-29-27(10-13-34-30(29)16-22(26)3)18-24-8-7-9-25(17-24)19-28(35)14-21(2)15-31(36-5)32(11-12-32)23(4)33/h7-10,13,15-17,20H,2,4,6,11-12,14,18-19H2,1,3,5H3/b31-15-. The number of halogens is 1. The van der Waals surface area contributed by atoms with Gasteiger partial charge in [-0.15, -0.1) is 0 Å². The minimum Gasteiger partial charge on any atom is -0.500 e. The summed E-state index contributed by atoms with van der Waals surface area (Å²) in [5, 5.41) is 1.18. The molecule has 0 N–H and O–H groups in total. The Bertz CT molecular complexity index is 1360. The van der Waals surface area contributed by atoms with Crippen LogP contribution in [0.25, 0.3) is 10.9 Å². The van der Waals surface area contributed by atoms with Crippen LogP contribution in [0.2, 0.25) is 0 Å². The van der Waals surface area contributed by atoms with E-state index in [1.54, 1.807) is 6.08 Å². The lowest BCUT2D eigenvalue weighted by Crippen LogP contribution is -2.09. The van der Waals surface area contributed by atoms with Crippen LogP contribution in [-0.2, 0) is 28.8 Å². The van der Waals surface area contributed by atoms with E-state index in [9.17, 15) is 9.18 Å². The Morgan fingerprint density at radius 1 is 1.14 bits per heavy atom. The number of carbonyl (C=O) groups is 1. The molecule has 0 atom stereocenters. The van der Waals surface area contributed by atoms with E-state index in [1.807, 2.05) is 18.3 Å². The number of aryl methyl sites for hydroxylation is 2. The topological polar surface area (TPSA) is 39.2 Å². The van der Waals surface area contributed by atoms with Crippen molar-refractivity contribution in [3.8, 4) is 0 Å². The highest BCUT2D eigenvalue weighted by Crippen LogP contribution is 2.57. The van der Waals surface area contributed by atoms with E-state index in [-0.39, 0.29) is 12.2 Å². The number of allylic oxidation sites excluding steroid dienone is 3. The Morgan fingerprint density at radius 3 is 2.56 bits per heavy atom. The van der Waals surface area contributed by atoms with Crippen LogP contribution in [0.5, 0.6) is 0 Å². The number of aromatic nitrogens is 1. The summed E-state index contributed by atoms with van der Waals surface area (Å²) in [6.45, 7) is 11.8. The van der Waals surface area contributed by atoms with E-state index in [2.05, 4.69) is 62.3 Å². The van der Waals surface area contributed by atoms with Crippen molar-refractivity contribution >= 4 is 16.7 Å². The third-order valence-electron chi connectivity index (χ3n) is 7.18. The number of nitrogens with zero attached hydrogens (tertiary/aromatic N) is 1. The highest BCUT2D eigenvalue weighted by atomic mass is 19.1. The molecular weight excluding hydrogens is 449 g/mol. The average molecular weight is 484 g/mol. The van der Waals surface area contributed by atoms with Crippen LogP contribution < -0.4 is 0 Å². The first-order valence-electron chi connectivity index (χ1n) is 12.5. The van der Waals surface area contributed by atoms with E-state index in [1.165, 1.54) is 29.2 Å². The Morgan fingerprint density at radius 2 is 1.89 bits per heavy atom. The number of carbonyl (C=O) groups excluding carboxylic acids is 1. The zero-order valence-corrected chi connectivity index (χ0v) is 21.5. The average Bonchev–Trinajstić information content (AvgIpc) is 3.64. The molecule has 1 aromatic heterocycles. The van der Waals surface area contributed by atoms with Crippen molar-refractivity contribution in [3.05, 3.63) is 113 Å². The molecule has 0 saturated heterocycles. The van der Waals surface area contributed by atoms with Gasteiger partial charge in [0.2, 0.25) is 0 Å². The Balaban J connectivity index is 1.45. The molecule has 186 valence electrons. The normalized spacial score (nSPS) is 14.5. The summed E-state index contributed by atoms with van der Waals surface area (Å²) in [7, 11) is 1.52. The number of fused-ring (bicyclic) bond motifs is 1. The SMILES string of the molecule is C=C(/C=C(\OC)C1(C(=C)F)CC1)CC(=O)Cc1cccc(Cc2ccnc3cc(C)c(CC)cc23)c1. The van der Waals surface area contributed by atoms with Gasteiger partial charge in [-0.2, -0.15) is 0 Å². The lowest BCUT2D eigenvalue weighted by atomic mass is 9.95. The molecule has 4 rings (SSSR count). The van der Waals surface area contributed by atoms with Gasteiger partial charge < -0.3 is 4.74 Å². The molecule has 0 amide bonds. The molecule has 0 spiro atoms. The van der Waals surface area contributed by atoms with Crippen molar-refractivity contribution in [1.82, 2.24) is 4.98 Å². The monoisotopic (exact) mass is 483 g/mol. The second-order valence-electron chi connectivity index (χ2n) is 9.87. The van der Waals surface area contributed by atoms with Crippen LogP contribution in [0.1, 0.15) is 54.0 Å². The van der Waals surface area contributed by atoms with Gasteiger partial charge in [0.15, 0.2) is 0 Å². The molecule has 1 fully saturated rings. The quantitative estimate of drug-likeness (QED) is 0.209. The van der Waals surface area contributed by atoms with E-state index in [0.29, 0.717) is 30.6 Å². The van der Waals surface area contributed by atoms with Crippen LogP contribution >= 0.6 is 0 Å². The van der Waals surface area contributed by atoms with Gasteiger partial charge in [-0.25, -0.2) is 4.39 Å². The summed E-state index contributed by atoms with van der Waals surface area (Å²) < 4.78 is 19.3. The van der Waals surface area contributed by atoms with Crippen molar-refractivity contribution in [2.75, 3.05) is 7.11 Å². The highest BCUT2D eigenvalue weighted by Gasteiger charge is 2.51. The number of hydrogen-bond donors (Lipinski definition) is 0. The molecule has 3 aromatic rings. The molecule has 0 unspecified atom stereocenters. The largest absolute Gasteiger partial charge is 0.500 e. The summed E-state index contributed by atoms with van der Waals surface area (Å²) in [6, 6.07) is 14.7. The molecule has 0 radical (unpaired) electrons. The van der Waals surface area contributed by atoms with Crippen molar-refractivity contribution < 1.29 is 13.9 Å². The number of pyridine rings is 1. The number of ether oxygens (including phenoxy) is 1. The fourth-order valence-corrected chi connectivity index (χ4v) is 4.95. The predicted molar refractivity (Wildman–Crippen MR) is 145 cm³/mol. The van der Waals surface area contributed by atoms with E-state index in [4.69, 9.17) is 4.74 Å². The summed E-state index contributed by atoms with van der Waals surface area (Å²) in [5.41, 5.74) is 6.86. The van der Waals surface area contributed by atoms with Gasteiger partial charge in [0.05, 0.1) is 18.0 Å². The zero-order chi connectivity index (χ0) is 25.9.